The van der Waals surface area contributed by atoms with Crippen molar-refractivity contribution in [2.75, 3.05) is 13.1 Å². The number of carbonyl (C=O) groups excluding carboxylic acids is 1. The van der Waals surface area contributed by atoms with E-state index in [9.17, 15) is 9.59 Å². The fraction of sp³-hybridized carbons (Fsp3) is 0.818. The van der Waals surface area contributed by atoms with E-state index in [1.807, 2.05) is 0 Å². The van der Waals surface area contributed by atoms with Crippen molar-refractivity contribution in [2.45, 2.75) is 38.8 Å². The van der Waals surface area contributed by atoms with Gasteiger partial charge in [-0.25, -0.2) is 4.79 Å². The Hall–Kier alpha value is -1.30. The number of nitrogens with zero attached hydrogens (tertiary/aromatic N) is 1. The van der Waals surface area contributed by atoms with Gasteiger partial charge >= 0.3 is 12.1 Å². The average Bonchev–Trinajstić information content (AvgIpc) is 2.44. The molecule has 3 N–H and O–H groups in total. The van der Waals surface area contributed by atoms with Gasteiger partial charge in [0.1, 0.15) is 5.60 Å². The van der Waals surface area contributed by atoms with Crippen LogP contribution in [0.5, 0.6) is 0 Å². The Morgan fingerprint density at radius 2 is 2.00 bits per heavy atom. The van der Waals surface area contributed by atoms with Gasteiger partial charge in [0, 0.05) is 25.0 Å². The van der Waals surface area contributed by atoms with Crippen molar-refractivity contribution in [3.05, 3.63) is 0 Å². The van der Waals surface area contributed by atoms with Gasteiger partial charge in [-0.2, -0.15) is 0 Å². The number of ether oxygens (including phenoxy) is 1. The summed E-state index contributed by atoms with van der Waals surface area (Å²) in [5.74, 6) is -1.09. The maximum Gasteiger partial charge on any atom is 0.410 e. The lowest BCUT2D eigenvalue weighted by Gasteiger charge is -2.24. The zero-order valence-electron chi connectivity index (χ0n) is 10.5. The second-order valence-electron chi connectivity index (χ2n) is 5.41. The summed E-state index contributed by atoms with van der Waals surface area (Å²) in [5.41, 5.74) is 5.26. The summed E-state index contributed by atoms with van der Waals surface area (Å²) >= 11 is 0. The summed E-state index contributed by atoms with van der Waals surface area (Å²) in [7, 11) is 0. The van der Waals surface area contributed by atoms with Gasteiger partial charge < -0.3 is 20.5 Å². The minimum absolute atomic E-state index is 0.0134. The number of aliphatic carboxylic acids is 1. The largest absolute Gasteiger partial charge is 0.481 e. The lowest BCUT2D eigenvalue weighted by Crippen LogP contribution is -2.36. The predicted octanol–water partition coefficient (Wildman–Crippen LogP) is 0.655. The molecule has 1 fully saturated rings. The molecule has 0 radical (unpaired) electrons. The van der Waals surface area contributed by atoms with E-state index in [0.29, 0.717) is 13.1 Å². The monoisotopic (exact) mass is 244 g/mol. The maximum absolute atomic E-state index is 11.7. The molecule has 1 heterocycles. The van der Waals surface area contributed by atoms with E-state index in [1.54, 1.807) is 20.8 Å². The number of hydrogen-bond acceptors (Lipinski definition) is 4. The van der Waals surface area contributed by atoms with Gasteiger partial charge in [0.15, 0.2) is 0 Å². The molecule has 1 aliphatic heterocycles. The highest BCUT2D eigenvalue weighted by atomic mass is 16.6. The van der Waals surface area contributed by atoms with Crippen LogP contribution in [0.3, 0.4) is 0 Å². The van der Waals surface area contributed by atoms with E-state index < -0.39 is 17.7 Å². The molecule has 98 valence electrons. The molecular formula is C11H20N2O4. The van der Waals surface area contributed by atoms with Gasteiger partial charge in [0.25, 0.3) is 0 Å². The zero-order valence-corrected chi connectivity index (χ0v) is 10.5. The summed E-state index contributed by atoms with van der Waals surface area (Å²) in [4.78, 5) is 23.8. The average molecular weight is 244 g/mol. The van der Waals surface area contributed by atoms with Crippen molar-refractivity contribution in [2.24, 2.45) is 11.7 Å². The van der Waals surface area contributed by atoms with Crippen LogP contribution >= 0.6 is 0 Å². The number of amides is 1. The number of carboxylic acid groups (broad SMARTS) is 1. The number of nitrogens with two attached hydrogens (primary N) is 1. The molecular weight excluding hydrogens is 224 g/mol. The van der Waals surface area contributed by atoms with E-state index in [-0.39, 0.29) is 18.4 Å². The third-order valence-corrected chi connectivity index (χ3v) is 2.58. The summed E-state index contributed by atoms with van der Waals surface area (Å²) in [6, 6.07) is -0.293. The predicted molar refractivity (Wildman–Crippen MR) is 61.5 cm³/mol. The van der Waals surface area contributed by atoms with E-state index in [2.05, 4.69) is 0 Å². The molecule has 0 aromatic carbocycles. The van der Waals surface area contributed by atoms with Gasteiger partial charge in [-0.1, -0.05) is 0 Å². The number of likely N-dealkylation sites (tertiary alicyclic amines) is 1. The first kappa shape index (κ1) is 13.8. The van der Waals surface area contributed by atoms with Crippen LogP contribution in [0.15, 0.2) is 0 Å². The fourth-order valence-electron chi connectivity index (χ4n) is 1.81. The Kier molecular flexibility index (Phi) is 3.98. The second kappa shape index (κ2) is 4.91. The van der Waals surface area contributed by atoms with Gasteiger partial charge in [0.2, 0.25) is 0 Å². The molecule has 2 unspecified atom stereocenters. The van der Waals surface area contributed by atoms with E-state index >= 15 is 0 Å². The summed E-state index contributed by atoms with van der Waals surface area (Å²) in [5, 5.41) is 8.71. The topological polar surface area (TPSA) is 92.9 Å². The van der Waals surface area contributed by atoms with Crippen molar-refractivity contribution in [1.29, 1.82) is 0 Å². The summed E-state index contributed by atoms with van der Waals surface area (Å²) < 4.78 is 5.21. The molecule has 0 aromatic rings. The molecule has 1 aliphatic rings. The Morgan fingerprint density at radius 1 is 1.41 bits per heavy atom. The Bertz CT molecular complexity index is 311. The van der Waals surface area contributed by atoms with Crippen LogP contribution in [0, 0.1) is 5.92 Å². The first-order valence-corrected chi connectivity index (χ1v) is 5.64. The van der Waals surface area contributed by atoms with Crippen LogP contribution in [0.25, 0.3) is 0 Å². The zero-order chi connectivity index (χ0) is 13.2. The Balaban J connectivity index is 2.53. The lowest BCUT2D eigenvalue weighted by molar-refractivity contribution is -0.138. The number of hydrogen-bond donors (Lipinski definition) is 2. The van der Waals surface area contributed by atoms with Crippen LogP contribution in [0.1, 0.15) is 27.2 Å². The highest BCUT2D eigenvalue weighted by Gasteiger charge is 2.36. The second-order valence-corrected chi connectivity index (χ2v) is 5.41. The van der Waals surface area contributed by atoms with E-state index in [4.69, 9.17) is 15.6 Å². The molecule has 2 atom stereocenters. The van der Waals surface area contributed by atoms with E-state index in [0.717, 1.165) is 0 Å². The normalized spacial score (nSPS) is 24.8. The van der Waals surface area contributed by atoms with Gasteiger partial charge in [-0.05, 0) is 20.8 Å². The molecule has 0 saturated carbocycles. The summed E-state index contributed by atoms with van der Waals surface area (Å²) in [6.07, 6.45) is -0.443. The molecule has 0 aliphatic carbocycles. The molecule has 0 bridgehead atoms. The molecule has 0 spiro atoms. The Labute approximate surface area is 101 Å². The molecule has 1 saturated heterocycles. The number of carbonyl (C=O) groups is 2. The van der Waals surface area contributed by atoms with Crippen molar-refractivity contribution in [3.63, 3.8) is 0 Å². The van der Waals surface area contributed by atoms with Crippen molar-refractivity contribution in [1.82, 2.24) is 4.90 Å². The molecule has 0 aromatic heterocycles. The number of rotatable bonds is 2. The molecule has 17 heavy (non-hydrogen) atoms. The molecule has 1 rings (SSSR count). The highest BCUT2D eigenvalue weighted by Crippen LogP contribution is 2.21. The van der Waals surface area contributed by atoms with Crippen molar-refractivity contribution in [3.8, 4) is 0 Å². The number of carboxylic acids is 1. The molecule has 1 amide bonds. The van der Waals surface area contributed by atoms with Gasteiger partial charge in [-0.15, -0.1) is 0 Å². The maximum atomic E-state index is 11.7. The fourth-order valence-corrected chi connectivity index (χ4v) is 1.81. The molecule has 6 heteroatoms. The SMILES string of the molecule is CC(C)(C)OC(=O)N1CC(N)C(CC(=O)O)C1. The Morgan fingerprint density at radius 3 is 2.47 bits per heavy atom. The van der Waals surface area contributed by atoms with Crippen molar-refractivity contribution >= 4 is 12.1 Å². The van der Waals surface area contributed by atoms with Gasteiger partial charge in [-0.3, -0.25) is 4.79 Å². The first-order valence-electron chi connectivity index (χ1n) is 5.64. The summed E-state index contributed by atoms with van der Waals surface area (Å²) in [6.45, 7) is 6.07. The standard InChI is InChI=1S/C11H20N2O4/c1-11(2,3)17-10(16)13-5-7(4-9(14)15)8(12)6-13/h7-8H,4-6,12H2,1-3H3,(H,14,15). The van der Waals surface area contributed by atoms with Crippen molar-refractivity contribution < 1.29 is 19.4 Å². The first-order chi connectivity index (χ1) is 7.69. The van der Waals surface area contributed by atoms with Crippen LogP contribution in [-0.4, -0.2) is 46.8 Å². The molecule has 6 nitrogen and oxygen atoms in total. The lowest BCUT2D eigenvalue weighted by atomic mass is 10.0. The van der Waals surface area contributed by atoms with Crippen LogP contribution in [-0.2, 0) is 9.53 Å². The van der Waals surface area contributed by atoms with Gasteiger partial charge in [0.05, 0.1) is 6.42 Å². The van der Waals surface area contributed by atoms with Crippen LogP contribution < -0.4 is 5.73 Å². The third-order valence-electron chi connectivity index (χ3n) is 2.58. The van der Waals surface area contributed by atoms with E-state index in [1.165, 1.54) is 4.90 Å². The highest BCUT2D eigenvalue weighted by molar-refractivity contribution is 5.70. The smallest absolute Gasteiger partial charge is 0.410 e. The minimum Gasteiger partial charge on any atom is -0.481 e. The minimum atomic E-state index is -0.892. The van der Waals surface area contributed by atoms with Crippen LogP contribution in [0.2, 0.25) is 0 Å². The quantitative estimate of drug-likeness (QED) is 0.744. The third kappa shape index (κ3) is 4.22. The van der Waals surface area contributed by atoms with Crippen LogP contribution in [0.4, 0.5) is 4.79 Å².